The number of hydrogen-bond acceptors (Lipinski definition) is 9. The standard InChI is InChI=1S/C32H44N2O9/c1-16(14-17(2)28-18(3)23-12-13-32(15-40-32)31(6,42-23)43-28)8-9-22(36)25-27(37)26(19(4)29(38)33-7)34(30(25)39)24-11-10-21(35)20(5)41-24/h8-9,12-14,17-21,23-24,26,28,35-36H,10-11,15H2,1-7H3,(H,33,38)/t17-,18+,19+,20+,21+,23-,24+,26+,28-,31-,32-/m1/s1. The van der Waals surface area contributed by atoms with Crippen molar-refractivity contribution in [1.29, 1.82) is 0 Å². The Balaban J connectivity index is 1.36. The maximum absolute atomic E-state index is 13.6. The fourth-order valence-electron chi connectivity index (χ4n) is 6.82. The number of likely N-dealkylation sites (tertiary alicyclic amines) is 1. The molecule has 5 aliphatic rings. The molecule has 0 unspecified atom stereocenters. The number of allylic oxidation sites excluding steroid dienone is 3. The Morgan fingerprint density at radius 3 is 2.51 bits per heavy atom. The topological polar surface area (TPSA) is 147 Å². The maximum Gasteiger partial charge on any atom is 0.264 e. The van der Waals surface area contributed by atoms with Crippen LogP contribution in [0.15, 0.2) is 47.3 Å². The van der Waals surface area contributed by atoms with Crippen LogP contribution in [0.2, 0.25) is 0 Å². The Morgan fingerprint density at radius 2 is 1.88 bits per heavy atom. The third-order valence-corrected chi connectivity index (χ3v) is 9.67. The molecule has 3 N–H and O–H groups in total. The van der Waals surface area contributed by atoms with Crippen LogP contribution in [0.4, 0.5) is 0 Å². The van der Waals surface area contributed by atoms with Crippen LogP contribution in [-0.4, -0.2) is 94.4 Å². The number of fused-ring (bicyclic) bond motifs is 3. The minimum atomic E-state index is -1.15. The van der Waals surface area contributed by atoms with Gasteiger partial charge in [-0.15, -0.1) is 0 Å². The number of epoxide rings is 1. The van der Waals surface area contributed by atoms with E-state index in [1.165, 1.54) is 18.0 Å². The number of nitrogens with zero attached hydrogens (tertiary/aromatic N) is 1. The number of carbonyl (C=O) groups excluding carboxylic acids is 3. The molecule has 0 saturated carbocycles. The van der Waals surface area contributed by atoms with Crippen molar-refractivity contribution in [2.45, 2.75) is 102 Å². The Morgan fingerprint density at radius 1 is 1.19 bits per heavy atom. The fraction of sp³-hybridized carbons (Fsp3) is 0.656. The van der Waals surface area contributed by atoms with E-state index < -0.39 is 65.1 Å². The first-order chi connectivity index (χ1) is 20.2. The summed E-state index contributed by atoms with van der Waals surface area (Å²) in [5.74, 6) is -3.93. The van der Waals surface area contributed by atoms with Gasteiger partial charge in [0, 0.05) is 18.9 Å². The van der Waals surface area contributed by atoms with E-state index >= 15 is 0 Å². The van der Waals surface area contributed by atoms with Gasteiger partial charge in [0.1, 0.15) is 23.6 Å². The Bertz CT molecular complexity index is 1280. The average molecular weight is 601 g/mol. The molecule has 5 aliphatic heterocycles. The van der Waals surface area contributed by atoms with Crippen LogP contribution in [0.1, 0.15) is 54.4 Å². The van der Waals surface area contributed by atoms with E-state index in [-0.39, 0.29) is 29.6 Å². The second-order valence-corrected chi connectivity index (χ2v) is 12.7. The Labute approximate surface area is 252 Å². The molecule has 11 heteroatoms. The molecule has 11 nitrogen and oxygen atoms in total. The Hall–Kier alpha value is -2.83. The third-order valence-electron chi connectivity index (χ3n) is 9.67. The molecule has 2 amide bonds. The molecule has 4 fully saturated rings. The molecule has 0 aromatic heterocycles. The lowest BCUT2D eigenvalue weighted by Gasteiger charge is -2.51. The lowest BCUT2D eigenvalue weighted by atomic mass is 9.82. The van der Waals surface area contributed by atoms with Gasteiger partial charge in [-0.1, -0.05) is 44.6 Å². The van der Waals surface area contributed by atoms with Crippen LogP contribution < -0.4 is 5.32 Å². The fourth-order valence-corrected chi connectivity index (χ4v) is 6.82. The second-order valence-electron chi connectivity index (χ2n) is 12.7. The smallest absolute Gasteiger partial charge is 0.264 e. The number of ether oxygens (including phenoxy) is 4. The monoisotopic (exact) mass is 600 g/mol. The van der Waals surface area contributed by atoms with Gasteiger partial charge in [-0.25, -0.2) is 0 Å². The van der Waals surface area contributed by atoms with Crippen LogP contribution in [0.25, 0.3) is 0 Å². The molecule has 0 aliphatic carbocycles. The molecule has 43 heavy (non-hydrogen) atoms. The highest BCUT2D eigenvalue weighted by Gasteiger charge is 2.66. The Kier molecular flexibility index (Phi) is 8.51. The van der Waals surface area contributed by atoms with Crippen LogP contribution in [-0.2, 0) is 33.3 Å². The van der Waals surface area contributed by atoms with E-state index in [0.29, 0.717) is 19.4 Å². The highest BCUT2D eigenvalue weighted by Crippen LogP contribution is 2.52. The average Bonchev–Trinajstić information content (AvgIpc) is 3.71. The molecule has 11 atom stereocenters. The summed E-state index contributed by atoms with van der Waals surface area (Å²) in [6.07, 6.45) is 7.46. The van der Waals surface area contributed by atoms with Gasteiger partial charge in [0.05, 0.1) is 36.9 Å². The summed E-state index contributed by atoms with van der Waals surface area (Å²) < 4.78 is 24.3. The predicted molar refractivity (Wildman–Crippen MR) is 155 cm³/mol. The number of Topliss-reactive ketones (excluding diaryl/α,β-unsaturated/α-hetero) is 1. The zero-order valence-electron chi connectivity index (χ0n) is 25.9. The first-order valence-corrected chi connectivity index (χ1v) is 15.1. The van der Waals surface area contributed by atoms with Crippen LogP contribution >= 0.6 is 0 Å². The van der Waals surface area contributed by atoms with E-state index in [2.05, 4.69) is 31.3 Å². The first-order valence-electron chi connectivity index (χ1n) is 15.1. The first kappa shape index (κ1) is 31.6. The normalized spacial score (nSPS) is 42.0. The number of aliphatic hydroxyl groups excluding tert-OH is 2. The quantitative estimate of drug-likeness (QED) is 0.100. The molecular formula is C32H44N2O9. The molecular weight excluding hydrogens is 556 g/mol. The summed E-state index contributed by atoms with van der Waals surface area (Å²) >= 11 is 0. The van der Waals surface area contributed by atoms with E-state index in [1.807, 2.05) is 19.9 Å². The molecule has 0 radical (unpaired) electrons. The van der Waals surface area contributed by atoms with Gasteiger partial charge in [0.15, 0.2) is 11.4 Å². The molecule has 4 saturated heterocycles. The second kappa shape index (κ2) is 11.6. The number of nitrogens with one attached hydrogen (secondary N) is 1. The highest BCUT2D eigenvalue weighted by atomic mass is 16.8. The molecule has 1 spiro atoms. The van der Waals surface area contributed by atoms with Crippen molar-refractivity contribution in [3.05, 3.63) is 47.3 Å². The third kappa shape index (κ3) is 5.50. The zero-order chi connectivity index (χ0) is 31.4. The number of amides is 2. The van der Waals surface area contributed by atoms with Crippen molar-refractivity contribution in [3.63, 3.8) is 0 Å². The van der Waals surface area contributed by atoms with Gasteiger partial charge >= 0.3 is 0 Å². The van der Waals surface area contributed by atoms with Gasteiger partial charge in [0.2, 0.25) is 11.7 Å². The van der Waals surface area contributed by atoms with Gasteiger partial charge in [-0.05, 0) is 45.8 Å². The minimum Gasteiger partial charge on any atom is -0.507 e. The summed E-state index contributed by atoms with van der Waals surface area (Å²) in [5.41, 5.74) is -0.127. The van der Waals surface area contributed by atoms with Gasteiger partial charge < -0.3 is 39.4 Å². The van der Waals surface area contributed by atoms with Gasteiger partial charge in [-0.2, -0.15) is 0 Å². The van der Waals surface area contributed by atoms with E-state index in [9.17, 15) is 24.6 Å². The largest absolute Gasteiger partial charge is 0.507 e. The molecule has 0 aromatic carbocycles. The van der Waals surface area contributed by atoms with Crippen LogP contribution in [0, 0.1) is 17.8 Å². The SMILES string of the molecule is CNC(=O)[C@@H](C)[C@H]1C(=O)C(=C(O)C=CC(C)=C[C@@H](C)[C@H]2O[C@@]3(C)O[C@H](C=C[C@@]34CO4)[C@@H]2C)C(=O)N1[C@@H]1CC[C@H](O)[C@H](C)O1. The summed E-state index contributed by atoms with van der Waals surface area (Å²) in [7, 11) is 1.46. The van der Waals surface area contributed by atoms with Crippen molar-refractivity contribution in [3.8, 4) is 0 Å². The lowest BCUT2D eigenvalue weighted by molar-refractivity contribution is -0.346. The van der Waals surface area contributed by atoms with E-state index in [4.69, 9.17) is 18.9 Å². The lowest BCUT2D eigenvalue weighted by Crippen LogP contribution is -2.61. The molecule has 2 bridgehead atoms. The number of hydrogen-bond donors (Lipinski definition) is 3. The van der Waals surface area contributed by atoms with Crippen LogP contribution in [0.5, 0.6) is 0 Å². The molecule has 0 aromatic rings. The molecule has 5 rings (SSSR count). The summed E-state index contributed by atoms with van der Waals surface area (Å²) in [6, 6.07) is -1.15. The van der Waals surface area contributed by atoms with Crippen molar-refractivity contribution in [2.24, 2.45) is 17.8 Å². The van der Waals surface area contributed by atoms with Crippen molar-refractivity contribution >= 4 is 17.6 Å². The van der Waals surface area contributed by atoms with E-state index in [0.717, 1.165) is 5.57 Å². The summed E-state index contributed by atoms with van der Waals surface area (Å²) in [6.45, 7) is 11.7. The van der Waals surface area contributed by atoms with Gasteiger partial charge in [0.25, 0.3) is 5.91 Å². The maximum atomic E-state index is 13.6. The van der Waals surface area contributed by atoms with Crippen molar-refractivity contribution < 1.29 is 43.5 Å². The van der Waals surface area contributed by atoms with E-state index in [1.54, 1.807) is 19.9 Å². The summed E-state index contributed by atoms with van der Waals surface area (Å²) in [5, 5.41) is 23.7. The van der Waals surface area contributed by atoms with Gasteiger partial charge in [-0.3, -0.25) is 14.4 Å². The number of rotatable bonds is 7. The van der Waals surface area contributed by atoms with Crippen molar-refractivity contribution in [2.75, 3.05) is 13.7 Å². The van der Waals surface area contributed by atoms with Crippen LogP contribution in [0.3, 0.4) is 0 Å². The number of aliphatic hydroxyl groups is 2. The molecule has 236 valence electrons. The highest BCUT2D eigenvalue weighted by molar-refractivity contribution is 6.27. The predicted octanol–water partition coefficient (Wildman–Crippen LogP) is 2.46. The van der Waals surface area contributed by atoms with Crippen molar-refractivity contribution in [1.82, 2.24) is 10.2 Å². The number of ketones is 1. The molecule has 5 heterocycles. The number of carbonyl (C=O) groups is 3. The minimum absolute atomic E-state index is 0.0220. The summed E-state index contributed by atoms with van der Waals surface area (Å²) in [4.78, 5) is 41.1. The zero-order valence-corrected chi connectivity index (χ0v) is 25.9.